The van der Waals surface area contributed by atoms with Crippen LogP contribution in [0.1, 0.15) is 13.8 Å². The molecule has 2 aromatic heterocycles. The molecule has 0 bridgehead atoms. The number of anilines is 1. The zero-order chi connectivity index (χ0) is 18.1. The molecule has 0 aliphatic heterocycles. The summed E-state index contributed by atoms with van der Waals surface area (Å²) in [6.45, 7) is 4.57. The maximum Gasteiger partial charge on any atom is 0.332 e. The van der Waals surface area contributed by atoms with E-state index in [4.69, 9.17) is 15.2 Å². The fraction of sp³-hybridized carbons (Fsp3) is 0.286. The average molecular weight is 464 g/mol. The lowest BCUT2D eigenvalue weighted by atomic mass is 10.4. The largest absolute Gasteiger partial charge is 0.477 e. The van der Waals surface area contributed by atoms with Gasteiger partial charge in [-0.15, -0.1) is 0 Å². The molecule has 8 nitrogen and oxygen atoms in total. The average Bonchev–Trinajstić information content (AvgIpc) is 2.53. The van der Waals surface area contributed by atoms with Crippen LogP contribution >= 0.6 is 31.9 Å². The SMILES string of the molecule is CCOc1ncc(Br)cc1N.CCOc1ncc(Br)cc1[N+](=O)[O-]. The van der Waals surface area contributed by atoms with Crippen LogP contribution in [-0.2, 0) is 0 Å². The summed E-state index contributed by atoms with van der Waals surface area (Å²) >= 11 is 6.34. The van der Waals surface area contributed by atoms with Crippen molar-refractivity contribution in [3.05, 3.63) is 43.6 Å². The number of aromatic nitrogens is 2. The van der Waals surface area contributed by atoms with Gasteiger partial charge in [0.15, 0.2) is 0 Å². The zero-order valence-corrected chi connectivity index (χ0v) is 16.2. The summed E-state index contributed by atoms with van der Waals surface area (Å²) in [4.78, 5) is 17.7. The lowest BCUT2D eigenvalue weighted by Crippen LogP contribution is -1.99. The molecule has 0 spiro atoms. The molecule has 2 heterocycles. The van der Waals surface area contributed by atoms with Crippen molar-refractivity contribution in [1.82, 2.24) is 9.97 Å². The number of ether oxygens (including phenoxy) is 2. The third-order valence-electron chi connectivity index (χ3n) is 2.40. The third kappa shape index (κ3) is 6.28. The second-order valence-corrected chi connectivity index (χ2v) is 5.98. The summed E-state index contributed by atoms with van der Waals surface area (Å²) in [6, 6.07) is 3.12. The number of nitro groups is 1. The Morgan fingerprint density at radius 1 is 1.08 bits per heavy atom. The van der Waals surface area contributed by atoms with Crippen molar-refractivity contribution < 1.29 is 14.4 Å². The Kier molecular flexibility index (Phi) is 8.41. The van der Waals surface area contributed by atoms with Gasteiger partial charge in [0, 0.05) is 27.4 Å². The topological polar surface area (TPSA) is 113 Å². The first-order valence-corrected chi connectivity index (χ1v) is 8.44. The number of pyridine rings is 2. The van der Waals surface area contributed by atoms with Gasteiger partial charge in [0.2, 0.25) is 5.88 Å². The molecular weight excluding hydrogens is 448 g/mol. The van der Waals surface area contributed by atoms with Crippen molar-refractivity contribution in [2.24, 2.45) is 0 Å². The summed E-state index contributed by atoms with van der Waals surface area (Å²) < 4.78 is 11.5. The normalized spacial score (nSPS) is 9.67. The Morgan fingerprint density at radius 2 is 1.58 bits per heavy atom. The molecule has 0 fully saturated rings. The predicted octanol–water partition coefficient (Wildman–Crippen LogP) is 3.98. The molecule has 0 aliphatic rings. The Morgan fingerprint density at radius 3 is 2.08 bits per heavy atom. The van der Waals surface area contributed by atoms with Gasteiger partial charge < -0.3 is 15.2 Å². The van der Waals surface area contributed by atoms with Crippen LogP contribution in [0.5, 0.6) is 11.8 Å². The van der Waals surface area contributed by atoms with Crippen LogP contribution in [0.25, 0.3) is 0 Å². The Labute approximate surface area is 155 Å². The third-order valence-corrected chi connectivity index (χ3v) is 3.27. The summed E-state index contributed by atoms with van der Waals surface area (Å²) in [5, 5.41) is 10.5. The molecule has 0 aromatic carbocycles. The molecule has 0 radical (unpaired) electrons. The molecule has 0 atom stereocenters. The van der Waals surface area contributed by atoms with Crippen molar-refractivity contribution in [3.8, 4) is 11.8 Å². The number of hydrogen-bond donors (Lipinski definition) is 1. The van der Waals surface area contributed by atoms with Crippen LogP contribution in [-0.4, -0.2) is 28.1 Å². The summed E-state index contributed by atoms with van der Waals surface area (Å²) in [6.07, 6.45) is 3.11. The van der Waals surface area contributed by atoms with Crippen molar-refractivity contribution in [2.75, 3.05) is 18.9 Å². The Hall–Kier alpha value is -1.94. The first kappa shape index (κ1) is 20.1. The zero-order valence-electron chi connectivity index (χ0n) is 13.0. The predicted molar refractivity (Wildman–Crippen MR) is 97.3 cm³/mol. The molecule has 0 aliphatic carbocycles. The van der Waals surface area contributed by atoms with E-state index in [2.05, 4.69) is 41.8 Å². The van der Waals surface area contributed by atoms with E-state index < -0.39 is 4.92 Å². The van der Waals surface area contributed by atoms with Gasteiger partial charge in [-0.05, 0) is 51.8 Å². The van der Waals surface area contributed by atoms with Gasteiger partial charge in [0.25, 0.3) is 5.88 Å². The number of nitrogens with two attached hydrogens (primary N) is 1. The van der Waals surface area contributed by atoms with Gasteiger partial charge in [-0.25, -0.2) is 9.97 Å². The second kappa shape index (κ2) is 10.0. The van der Waals surface area contributed by atoms with E-state index in [1.807, 2.05) is 6.92 Å². The lowest BCUT2D eigenvalue weighted by Gasteiger charge is -2.04. The first-order chi connectivity index (χ1) is 11.4. The number of hydrogen-bond acceptors (Lipinski definition) is 7. The molecule has 24 heavy (non-hydrogen) atoms. The van der Waals surface area contributed by atoms with Crippen LogP contribution in [0.3, 0.4) is 0 Å². The molecule has 2 rings (SSSR count). The van der Waals surface area contributed by atoms with E-state index >= 15 is 0 Å². The van der Waals surface area contributed by atoms with Gasteiger partial charge in [0.1, 0.15) is 0 Å². The van der Waals surface area contributed by atoms with Crippen LogP contribution in [0.4, 0.5) is 11.4 Å². The fourth-order valence-corrected chi connectivity index (χ4v) is 2.16. The van der Waals surface area contributed by atoms with Gasteiger partial charge in [-0.2, -0.15) is 0 Å². The highest BCUT2D eigenvalue weighted by molar-refractivity contribution is 9.10. The highest BCUT2D eigenvalue weighted by atomic mass is 79.9. The number of rotatable bonds is 5. The molecule has 10 heteroatoms. The maximum absolute atomic E-state index is 10.5. The van der Waals surface area contributed by atoms with E-state index in [-0.39, 0.29) is 11.6 Å². The number of nitrogen functional groups attached to an aromatic ring is 1. The molecule has 0 saturated carbocycles. The molecule has 0 saturated heterocycles. The van der Waals surface area contributed by atoms with Gasteiger partial charge in [0.05, 0.1) is 23.8 Å². The molecule has 130 valence electrons. The van der Waals surface area contributed by atoms with Gasteiger partial charge >= 0.3 is 5.69 Å². The van der Waals surface area contributed by atoms with E-state index in [1.165, 1.54) is 12.3 Å². The molecule has 2 N–H and O–H groups in total. The van der Waals surface area contributed by atoms with Crippen LogP contribution in [0.2, 0.25) is 0 Å². The minimum absolute atomic E-state index is 0.0516. The molecule has 2 aromatic rings. The molecule has 0 unspecified atom stereocenters. The molecular formula is C14H16Br2N4O4. The standard InChI is InChI=1S/C7H7BrN2O3.C7H9BrN2O/c1-2-13-7-6(10(11)12)3-5(8)4-9-7;1-2-11-7-6(9)3-5(8)4-10-7/h3-4H,2H2,1H3;3-4H,2,9H2,1H3. The maximum atomic E-state index is 10.5. The Bertz CT molecular complexity index is 700. The van der Waals surface area contributed by atoms with E-state index in [9.17, 15) is 10.1 Å². The fourth-order valence-electron chi connectivity index (χ4n) is 1.49. The van der Waals surface area contributed by atoms with E-state index in [1.54, 1.807) is 19.2 Å². The summed E-state index contributed by atoms with van der Waals surface area (Å²) in [5.41, 5.74) is 6.02. The number of nitrogens with zero attached hydrogens (tertiary/aromatic N) is 3. The van der Waals surface area contributed by atoms with E-state index in [0.717, 1.165) is 4.47 Å². The van der Waals surface area contributed by atoms with Crippen LogP contribution < -0.4 is 15.2 Å². The monoisotopic (exact) mass is 462 g/mol. The van der Waals surface area contributed by atoms with Crippen molar-refractivity contribution in [2.45, 2.75) is 13.8 Å². The van der Waals surface area contributed by atoms with Gasteiger partial charge in [-0.1, -0.05) is 0 Å². The first-order valence-electron chi connectivity index (χ1n) is 6.85. The number of halogens is 2. The van der Waals surface area contributed by atoms with E-state index in [0.29, 0.717) is 29.3 Å². The minimum Gasteiger partial charge on any atom is -0.477 e. The van der Waals surface area contributed by atoms with Crippen molar-refractivity contribution >= 4 is 43.2 Å². The summed E-state index contributed by atoms with van der Waals surface area (Å²) in [5.74, 6) is 0.548. The van der Waals surface area contributed by atoms with Crippen molar-refractivity contribution in [1.29, 1.82) is 0 Å². The second-order valence-electron chi connectivity index (χ2n) is 4.15. The smallest absolute Gasteiger partial charge is 0.332 e. The van der Waals surface area contributed by atoms with Crippen molar-refractivity contribution in [3.63, 3.8) is 0 Å². The van der Waals surface area contributed by atoms with Gasteiger partial charge in [-0.3, -0.25) is 10.1 Å². The lowest BCUT2D eigenvalue weighted by molar-refractivity contribution is -0.386. The van der Waals surface area contributed by atoms with Crippen LogP contribution in [0, 0.1) is 10.1 Å². The summed E-state index contributed by atoms with van der Waals surface area (Å²) in [7, 11) is 0. The molecule has 0 amide bonds. The highest BCUT2D eigenvalue weighted by Gasteiger charge is 2.16. The highest BCUT2D eigenvalue weighted by Crippen LogP contribution is 2.27. The van der Waals surface area contributed by atoms with Crippen LogP contribution in [0.15, 0.2) is 33.5 Å². The quantitative estimate of drug-likeness (QED) is 0.526. The Balaban J connectivity index is 0.000000243. The minimum atomic E-state index is -0.525.